The first-order valence-corrected chi connectivity index (χ1v) is 11.9. The van der Waals surface area contributed by atoms with Crippen molar-refractivity contribution in [3.05, 3.63) is 0 Å². The molecule has 0 saturated carbocycles. The van der Waals surface area contributed by atoms with E-state index >= 15 is 0 Å². The molecule has 212 valence electrons. The molecule has 0 aliphatic carbocycles. The fraction of sp³-hybridized carbons (Fsp3) is 0.762. The fourth-order valence-corrected chi connectivity index (χ4v) is 3.10. The van der Waals surface area contributed by atoms with Crippen molar-refractivity contribution >= 4 is 29.7 Å². The average Bonchev–Trinajstić information content (AvgIpc) is 2.85. The van der Waals surface area contributed by atoms with Crippen molar-refractivity contribution in [1.29, 1.82) is 0 Å². The van der Waals surface area contributed by atoms with Gasteiger partial charge < -0.3 is 46.7 Å². The number of carbonyl (C=O) groups is 5. The summed E-state index contributed by atoms with van der Waals surface area (Å²) in [6, 6.07) is -3.39. The number of hydrogen-bond donors (Lipinski definition) is 9. The second kappa shape index (κ2) is 16.6. The highest BCUT2D eigenvalue weighted by Crippen LogP contribution is 2.04. The van der Waals surface area contributed by atoms with Gasteiger partial charge >= 0.3 is 6.03 Å². The number of amides is 6. The first-order chi connectivity index (χ1) is 17.5. The molecule has 0 aromatic heterocycles. The van der Waals surface area contributed by atoms with E-state index in [2.05, 4.69) is 32.1 Å². The Hall–Kier alpha value is -3.05. The molecule has 10 N–H and O–H groups in total. The van der Waals surface area contributed by atoms with Gasteiger partial charge in [-0.25, -0.2) is 4.79 Å². The van der Waals surface area contributed by atoms with Crippen LogP contribution in [0.4, 0.5) is 4.79 Å². The Morgan fingerprint density at radius 3 is 2.38 bits per heavy atom. The van der Waals surface area contributed by atoms with E-state index in [4.69, 9.17) is 15.2 Å². The lowest BCUT2D eigenvalue weighted by molar-refractivity contribution is -0.139. The minimum atomic E-state index is -1.79. The maximum Gasteiger partial charge on any atom is 0.316 e. The predicted molar refractivity (Wildman–Crippen MR) is 128 cm³/mol. The summed E-state index contributed by atoms with van der Waals surface area (Å²) in [6.45, 7) is 1.98. The number of nitrogens with one attached hydrogen (secondary N) is 6. The van der Waals surface area contributed by atoms with E-state index in [1.54, 1.807) is 0 Å². The van der Waals surface area contributed by atoms with Crippen LogP contribution in [-0.2, 0) is 28.7 Å². The SMILES string of the molecule is CC(O)[C@@H]1NC(=O)N[C@@H](CCCCN)C(=O)NNC(=O)C(C)(CO)NC(=O)COCCOCCNC1=O. The highest BCUT2D eigenvalue weighted by molar-refractivity contribution is 5.94. The van der Waals surface area contributed by atoms with Gasteiger partial charge in [0, 0.05) is 6.54 Å². The number of carbonyl (C=O) groups excluding carboxylic acids is 5. The molecule has 1 fully saturated rings. The number of rotatable bonds is 6. The molecule has 2 unspecified atom stereocenters. The van der Waals surface area contributed by atoms with Gasteiger partial charge in [-0.1, -0.05) is 0 Å². The van der Waals surface area contributed by atoms with Crippen molar-refractivity contribution in [2.45, 2.75) is 56.8 Å². The zero-order chi connectivity index (χ0) is 27.8. The molecule has 0 bridgehead atoms. The molecule has 4 atom stereocenters. The maximum absolute atomic E-state index is 12.7. The Labute approximate surface area is 214 Å². The number of hydrogen-bond acceptors (Lipinski definition) is 10. The van der Waals surface area contributed by atoms with Gasteiger partial charge in [0.25, 0.3) is 11.8 Å². The topological polar surface area (TPSA) is 242 Å². The summed E-state index contributed by atoms with van der Waals surface area (Å²) < 4.78 is 10.5. The van der Waals surface area contributed by atoms with Crippen LogP contribution in [0, 0.1) is 0 Å². The van der Waals surface area contributed by atoms with Crippen LogP contribution in [0.5, 0.6) is 0 Å². The second-order valence-corrected chi connectivity index (χ2v) is 8.61. The number of urea groups is 1. The van der Waals surface area contributed by atoms with Crippen LogP contribution in [0.25, 0.3) is 0 Å². The van der Waals surface area contributed by atoms with Gasteiger partial charge in [-0.15, -0.1) is 0 Å². The van der Waals surface area contributed by atoms with E-state index in [0.29, 0.717) is 19.4 Å². The summed E-state index contributed by atoms with van der Waals surface area (Å²) in [5.41, 5.74) is 7.98. The van der Waals surface area contributed by atoms with Gasteiger partial charge in [-0.2, -0.15) is 0 Å². The highest BCUT2D eigenvalue weighted by Gasteiger charge is 2.35. The summed E-state index contributed by atoms with van der Waals surface area (Å²) in [6.07, 6.45) is -0.114. The van der Waals surface area contributed by atoms with Crippen molar-refractivity contribution in [1.82, 2.24) is 32.1 Å². The fourth-order valence-electron chi connectivity index (χ4n) is 3.10. The minimum absolute atomic E-state index is 0.0308. The molecule has 1 heterocycles. The second-order valence-electron chi connectivity index (χ2n) is 8.61. The van der Waals surface area contributed by atoms with Crippen molar-refractivity contribution in [2.75, 3.05) is 46.1 Å². The maximum atomic E-state index is 12.7. The largest absolute Gasteiger partial charge is 0.393 e. The molecule has 1 aliphatic rings. The number of aliphatic hydroxyl groups is 2. The molecular formula is C21H39N7O9. The van der Waals surface area contributed by atoms with Gasteiger partial charge in [-0.3, -0.25) is 30.0 Å². The number of unbranched alkanes of at least 4 members (excludes halogenated alkanes) is 1. The van der Waals surface area contributed by atoms with E-state index in [-0.39, 0.29) is 32.8 Å². The zero-order valence-corrected chi connectivity index (χ0v) is 21.1. The van der Waals surface area contributed by atoms with Crippen LogP contribution in [0.1, 0.15) is 33.1 Å². The third kappa shape index (κ3) is 11.7. The lowest BCUT2D eigenvalue weighted by Gasteiger charge is -2.28. The van der Waals surface area contributed by atoms with Crippen LogP contribution >= 0.6 is 0 Å². The normalized spacial score (nSPS) is 26.8. The third-order valence-electron chi connectivity index (χ3n) is 5.30. The van der Waals surface area contributed by atoms with Gasteiger partial charge in [-0.05, 0) is 39.7 Å². The van der Waals surface area contributed by atoms with Crippen molar-refractivity contribution in [3.63, 3.8) is 0 Å². The molecule has 0 spiro atoms. The summed E-state index contributed by atoms with van der Waals surface area (Å²) in [5, 5.41) is 29.3. The molecule has 16 nitrogen and oxygen atoms in total. The average molecular weight is 534 g/mol. The quantitative estimate of drug-likeness (QED) is 0.149. The molecule has 1 saturated heterocycles. The third-order valence-corrected chi connectivity index (χ3v) is 5.30. The van der Waals surface area contributed by atoms with E-state index in [1.165, 1.54) is 13.8 Å². The highest BCUT2D eigenvalue weighted by atomic mass is 16.5. The minimum Gasteiger partial charge on any atom is -0.393 e. The smallest absolute Gasteiger partial charge is 0.316 e. The molecule has 6 amide bonds. The zero-order valence-electron chi connectivity index (χ0n) is 21.1. The summed E-state index contributed by atoms with van der Waals surface area (Å²) >= 11 is 0. The standard InChI is InChI=1S/C21H39N7O9/c1-13(30)16-18(33)23-7-8-36-9-10-37-11-15(31)26-21(2,12-29)19(34)28-27-17(32)14(5-3-4-6-22)24-20(35)25-16/h13-14,16,29-30H,3-12,22H2,1-2H3,(H,23,33)(H,26,31)(H,27,32)(H,28,34)(H2,24,25,35)/t13?,14-,16-,21?/m0/s1. The molecule has 0 aromatic rings. The van der Waals surface area contributed by atoms with Crippen LogP contribution in [0.2, 0.25) is 0 Å². The van der Waals surface area contributed by atoms with E-state index < -0.39 is 66.6 Å². The van der Waals surface area contributed by atoms with Gasteiger partial charge in [0.1, 0.15) is 24.2 Å². The number of aliphatic hydroxyl groups excluding tert-OH is 2. The van der Waals surface area contributed by atoms with Crippen LogP contribution in [-0.4, -0.2) is 110 Å². The van der Waals surface area contributed by atoms with Crippen LogP contribution in [0.3, 0.4) is 0 Å². The number of ether oxygens (including phenoxy) is 2. The Morgan fingerprint density at radius 1 is 1.03 bits per heavy atom. The van der Waals surface area contributed by atoms with Crippen molar-refractivity contribution in [2.24, 2.45) is 5.73 Å². The van der Waals surface area contributed by atoms with Crippen molar-refractivity contribution < 1.29 is 43.7 Å². The Bertz CT molecular complexity index is 783. The Morgan fingerprint density at radius 2 is 1.73 bits per heavy atom. The monoisotopic (exact) mass is 533 g/mol. The summed E-state index contributed by atoms with van der Waals surface area (Å²) in [5.74, 6) is -3.11. The Kier molecular flexibility index (Phi) is 14.4. The van der Waals surface area contributed by atoms with Gasteiger partial charge in [0.05, 0.1) is 32.5 Å². The molecule has 1 aliphatic heterocycles. The first kappa shape index (κ1) is 32.0. The molecule has 0 aromatic carbocycles. The molecule has 0 radical (unpaired) electrons. The molecular weight excluding hydrogens is 494 g/mol. The van der Waals surface area contributed by atoms with Crippen LogP contribution < -0.4 is 37.9 Å². The molecule has 37 heavy (non-hydrogen) atoms. The lowest BCUT2D eigenvalue weighted by Crippen LogP contribution is -2.64. The predicted octanol–water partition coefficient (Wildman–Crippen LogP) is -4.29. The molecule has 16 heteroatoms. The van der Waals surface area contributed by atoms with E-state index in [1.807, 2.05) is 0 Å². The van der Waals surface area contributed by atoms with Gasteiger partial charge in [0.15, 0.2) is 0 Å². The first-order valence-electron chi connectivity index (χ1n) is 11.9. The lowest BCUT2D eigenvalue weighted by atomic mass is 10.0. The van der Waals surface area contributed by atoms with Crippen LogP contribution in [0.15, 0.2) is 0 Å². The van der Waals surface area contributed by atoms with Crippen molar-refractivity contribution in [3.8, 4) is 0 Å². The summed E-state index contributed by atoms with van der Waals surface area (Å²) in [4.78, 5) is 62.5. The number of hydrazine groups is 1. The molecule has 1 rings (SSSR count). The van der Waals surface area contributed by atoms with E-state index in [0.717, 1.165) is 0 Å². The summed E-state index contributed by atoms with van der Waals surface area (Å²) in [7, 11) is 0. The van der Waals surface area contributed by atoms with Gasteiger partial charge in [0.2, 0.25) is 11.8 Å². The van der Waals surface area contributed by atoms with E-state index in [9.17, 15) is 34.2 Å². The Balaban J connectivity index is 3.05. The number of nitrogens with two attached hydrogens (primary N) is 1.